The van der Waals surface area contributed by atoms with Crippen LogP contribution in [0.1, 0.15) is 38.5 Å². The summed E-state index contributed by atoms with van der Waals surface area (Å²) in [6, 6.07) is 7.44. The maximum Gasteiger partial charge on any atom is 0.260 e. The number of ether oxygens (including phenoxy) is 2. The van der Waals surface area contributed by atoms with E-state index in [0.717, 1.165) is 49.7 Å². The van der Waals surface area contributed by atoms with Crippen LogP contribution < -0.4 is 19.7 Å². The van der Waals surface area contributed by atoms with Gasteiger partial charge in [0.2, 0.25) is 12.7 Å². The lowest BCUT2D eigenvalue weighted by molar-refractivity contribution is 0.103. The summed E-state index contributed by atoms with van der Waals surface area (Å²) >= 11 is 0. The number of aromatic nitrogens is 4. The van der Waals surface area contributed by atoms with E-state index in [1.54, 1.807) is 24.5 Å². The lowest BCUT2D eigenvalue weighted by Crippen LogP contribution is -2.62. The summed E-state index contributed by atoms with van der Waals surface area (Å²) in [6.07, 6.45) is 8.20. The van der Waals surface area contributed by atoms with Crippen molar-refractivity contribution in [3.8, 4) is 39.8 Å². The van der Waals surface area contributed by atoms with Crippen LogP contribution in [0.2, 0.25) is 0 Å². The standard InChI is InChI=1S/C26H27FN6O3/c27-24-19-3-1-2-16(30-19)10-21(24)33(17-5-6-17)26-29-12-20(31-32-26)18-7-4-14(8-22(18)34)15-9-23-25(28-11-15)36-13-35-23/h4,7-9,11-12,16-17,19,21,24,30,34H,1-3,5-6,10,13H2/t16-,19-,21-,24+/m0/s1. The van der Waals surface area contributed by atoms with Gasteiger partial charge in [-0.1, -0.05) is 12.5 Å². The average molecular weight is 491 g/mol. The van der Waals surface area contributed by atoms with E-state index in [1.807, 2.05) is 12.1 Å². The Kier molecular flexibility index (Phi) is 5.16. The highest BCUT2D eigenvalue weighted by Crippen LogP contribution is 2.40. The molecule has 10 heteroatoms. The molecule has 2 N–H and O–H groups in total. The van der Waals surface area contributed by atoms with Gasteiger partial charge in [0.1, 0.15) is 17.6 Å². The fraction of sp³-hybridized carbons (Fsp3) is 0.462. The minimum absolute atomic E-state index is 0.0584. The number of hydrogen-bond donors (Lipinski definition) is 2. The first kappa shape index (κ1) is 21.7. The first-order chi connectivity index (χ1) is 17.6. The number of benzene rings is 1. The van der Waals surface area contributed by atoms with Gasteiger partial charge in [0.15, 0.2) is 5.75 Å². The molecule has 2 bridgehead atoms. The molecule has 1 aromatic carbocycles. The van der Waals surface area contributed by atoms with Gasteiger partial charge in [-0.05, 0) is 55.9 Å². The molecular weight excluding hydrogens is 463 g/mol. The predicted octanol–water partition coefficient (Wildman–Crippen LogP) is 3.62. The fourth-order valence-electron chi connectivity index (χ4n) is 5.77. The smallest absolute Gasteiger partial charge is 0.260 e. The molecule has 4 aliphatic rings. The van der Waals surface area contributed by atoms with Gasteiger partial charge in [0.25, 0.3) is 5.88 Å². The first-order valence-electron chi connectivity index (χ1n) is 12.6. The number of fused-ring (bicyclic) bond motifs is 3. The quantitative estimate of drug-likeness (QED) is 0.555. The zero-order valence-corrected chi connectivity index (χ0v) is 19.7. The molecule has 0 radical (unpaired) electrons. The Hall–Kier alpha value is -3.53. The molecule has 2 aromatic heterocycles. The van der Waals surface area contributed by atoms with Crippen LogP contribution in [-0.4, -0.2) is 62.4 Å². The highest BCUT2D eigenvalue weighted by molar-refractivity contribution is 5.74. The number of halogens is 1. The molecule has 5 heterocycles. The zero-order valence-electron chi connectivity index (χ0n) is 19.7. The summed E-state index contributed by atoms with van der Waals surface area (Å²) in [6.45, 7) is 0.153. The number of phenols is 1. The van der Waals surface area contributed by atoms with Gasteiger partial charge in [-0.25, -0.2) is 14.4 Å². The van der Waals surface area contributed by atoms with Gasteiger partial charge in [-0.15, -0.1) is 10.2 Å². The average Bonchev–Trinajstić information content (AvgIpc) is 3.63. The molecule has 36 heavy (non-hydrogen) atoms. The van der Waals surface area contributed by atoms with Gasteiger partial charge in [0, 0.05) is 35.4 Å². The zero-order chi connectivity index (χ0) is 24.2. The Bertz CT molecular complexity index is 1290. The van der Waals surface area contributed by atoms with Crippen LogP contribution >= 0.6 is 0 Å². The number of hydrogen-bond acceptors (Lipinski definition) is 9. The Balaban J connectivity index is 1.14. The number of piperidine rings is 2. The summed E-state index contributed by atoms with van der Waals surface area (Å²) in [7, 11) is 0. The van der Waals surface area contributed by atoms with E-state index >= 15 is 4.39 Å². The van der Waals surface area contributed by atoms with E-state index in [4.69, 9.17) is 9.47 Å². The summed E-state index contributed by atoms with van der Waals surface area (Å²) in [4.78, 5) is 10.9. The van der Waals surface area contributed by atoms with Crippen molar-refractivity contribution in [2.45, 2.75) is 68.9 Å². The van der Waals surface area contributed by atoms with E-state index < -0.39 is 6.17 Å². The van der Waals surface area contributed by atoms with Crippen LogP contribution in [0.15, 0.2) is 36.7 Å². The Morgan fingerprint density at radius 2 is 1.92 bits per heavy atom. The van der Waals surface area contributed by atoms with Gasteiger partial charge >= 0.3 is 0 Å². The summed E-state index contributed by atoms with van der Waals surface area (Å²) in [5.41, 5.74) is 2.57. The molecule has 3 aromatic rings. The van der Waals surface area contributed by atoms with Crippen molar-refractivity contribution in [2.24, 2.45) is 0 Å². The maximum absolute atomic E-state index is 15.5. The minimum Gasteiger partial charge on any atom is -0.507 e. The van der Waals surface area contributed by atoms with E-state index in [1.165, 1.54) is 0 Å². The lowest BCUT2D eigenvalue weighted by atomic mass is 9.82. The number of pyridine rings is 1. The molecule has 9 nitrogen and oxygen atoms in total. The van der Waals surface area contributed by atoms with Crippen LogP contribution in [0, 0.1) is 0 Å². The van der Waals surface area contributed by atoms with Gasteiger partial charge in [-0.2, -0.15) is 0 Å². The molecule has 0 spiro atoms. The fourth-order valence-corrected chi connectivity index (χ4v) is 5.77. The van der Waals surface area contributed by atoms with Crippen LogP contribution in [-0.2, 0) is 0 Å². The number of anilines is 1. The molecule has 2 saturated heterocycles. The van der Waals surface area contributed by atoms with Gasteiger partial charge < -0.3 is 24.8 Å². The summed E-state index contributed by atoms with van der Waals surface area (Å²) in [5.74, 6) is 1.57. The number of alkyl halides is 1. The van der Waals surface area contributed by atoms with Crippen molar-refractivity contribution in [1.82, 2.24) is 25.5 Å². The topological polar surface area (TPSA) is 106 Å². The van der Waals surface area contributed by atoms with Gasteiger partial charge in [0.05, 0.1) is 12.2 Å². The molecule has 3 fully saturated rings. The van der Waals surface area contributed by atoms with E-state index in [9.17, 15) is 5.11 Å². The van der Waals surface area contributed by atoms with Crippen LogP contribution in [0.4, 0.5) is 10.3 Å². The second-order valence-electron chi connectivity index (χ2n) is 10.1. The van der Waals surface area contributed by atoms with Crippen molar-refractivity contribution < 1.29 is 19.0 Å². The molecule has 7 rings (SSSR count). The lowest BCUT2D eigenvalue weighted by Gasteiger charge is -2.46. The molecule has 0 unspecified atom stereocenters. The Labute approximate surface area is 207 Å². The largest absolute Gasteiger partial charge is 0.507 e. The van der Waals surface area contributed by atoms with Crippen molar-refractivity contribution in [1.29, 1.82) is 0 Å². The molecule has 186 valence electrons. The highest BCUT2D eigenvalue weighted by atomic mass is 19.1. The molecule has 1 saturated carbocycles. The number of aromatic hydroxyl groups is 1. The summed E-state index contributed by atoms with van der Waals surface area (Å²) < 4.78 is 26.1. The molecule has 1 aliphatic carbocycles. The number of phenolic OH excluding ortho intramolecular Hbond substituents is 1. The Morgan fingerprint density at radius 3 is 2.72 bits per heavy atom. The minimum atomic E-state index is -0.951. The number of rotatable bonds is 5. The van der Waals surface area contributed by atoms with Crippen molar-refractivity contribution >= 4 is 5.95 Å². The normalized spacial score (nSPS) is 26.6. The highest BCUT2D eigenvalue weighted by Gasteiger charge is 2.47. The second-order valence-corrected chi connectivity index (χ2v) is 10.1. The molecule has 0 amide bonds. The van der Waals surface area contributed by atoms with Crippen molar-refractivity contribution in [2.75, 3.05) is 11.7 Å². The molecule has 3 aliphatic heterocycles. The molecule has 4 atom stereocenters. The second kappa shape index (κ2) is 8.55. The third-order valence-corrected chi connectivity index (χ3v) is 7.71. The number of nitrogens with zero attached hydrogens (tertiary/aromatic N) is 5. The monoisotopic (exact) mass is 490 g/mol. The van der Waals surface area contributed by atoms with E-state index in [-0.39, 0.29) is 30.7 Å². The predicted molar refractivity (Wildman–Crippen MR) is 130 cm³/mol. The summed E-state index contributed by atoms with van der Waals surface area (Å²) in [5, 5.41) is 23.0. The van der Waals surface area contributed by atoms with Crippen molar-refractivity contribution in [3.63, 3.8) is 0 Å². The third kappa shape index (κ3) is 3.80. The van der Waals surface area contributed by atoms with Crippen molar-refractivity contribution in [3.05, 3.63) is 36.7 Å². The third-order valence-electron chi connectivity index (χ3n) is 7.71. The molecular formula is C26H27FN6O3. The maximum atomic E-state index is 15.5. The van der Waals surface area contributed by atoms with Crippen LogP contribution in [0.3, 0.4) is 0 Å². The van der Waals surface area contributed by atoms with Gasteiger partial charge in [-0.3, -0.25) is 0 Å². The van der Waals surface area contributed by atoms with Crippen LogP contribution in [0.25, 0.3) is 22.4 Å². The SMILES string of the molecule is Oc1cc(-c2cnc3c(c2)OCO3)ccc1-c1cnc(N(C2CC2)[C@H]2C[C@@H]3CCC[C@H](N3)[C@H]2F)nn1. The van der Waals surface area contributed by atoms with E-state index in [0.29, 0.717) is 34.9 Å². The first-order valence-corrected chi connectivity index (χ1v) is 12.6. The number of nitrogens with one attached hydrogen (secondary N) is 1. The Morgan fingerprint density at radius 1 is 1.00 bits per heavy atom. The van der Waals surface area contributed by atoms with E-state index in [2.05, 4.69) is 30.4 Å². The van der Waals surface area contributed by atoms with Crippen LogP contribution in [0.5, 0.6) is 17.4 Å².